The first-order valence-corrected chi connectivity index (χ1v) is 9.27. The van der Waals surface area contributed by atoms with Gasteiger partial charge in [0.05, 0.1) is 12.6 Å². The van der Waals surface area contributed by atoms with Crippen molar-refractivity contribution in [1.29, 1.82) is 0 Å². The molecule has 3 N–H and O–H groups in total. The lowest BCUT2D eigenvalue weighted by atomic mass is 10.2. The number of nitrogens with zero attached hydrogens (tertiary/aromatic N) is 3. The summed E-state index contributed by atoms with van der Waals surface area (Å²) in [5, 5.41) is 19.4. The van der Waals surface area contributed by atoms with Gasteiger partial charge in [0.2, 0.25) is 0 Å². The van der Waals surface area contributed by atoms with Crippen molar-refractivity contribution < 1.29 is 14.7 Å². The fourth-order valence-corrected chi connectivity index (χ4v) is 3.62. The number of anilines is 1. The number of fused-ring (bicyclic) bond motifs is 2. The lowest BCUT2D eigenvalue weighted by molar-refractivity contribution is 0.0931. The average Bonchev–Trinajstić information content (AvgIpc) is 3.24. The molecule has 8 nitrogen and oxygen atoms in total. The molecule has 0 saturated heterocycles. The Morgan fingerprint density at radius 3 is 3.11 bits per heavy atom. The average molecular weight is 369 g/mol. The molecule has 1 atom stereocenters. The van der Waals surface area contributed by atoms with E-state index in [2.05, 4.69) is 44.9 Å². The van der Waals surface area contributed by atoms with Crippen LogP contribution in [0.5, 0.6) is 0 Å². The molecular weight excluding hydrogens is 346 g/mol. The van der Waals surface area contributed by atoms with Gasteiger partial charge in [-0.15, -0.1) is 0 Å². The molecule has 2 aromatic rings. The zero-order valence-electron chi connectivity index (χ0n) is 15.0. The van der Waals surface area contributed by atoms with Crippen molar-refractivity contribution in [3.05, 3.63) is 47.3 Å². The first-order valence-electron chi connectivity index (χ1n) is 9.27. The van der Waals surface area contributed by atoms with E-state index in [0.29, 0.717) is 12.2 Å². The third-order valence-corrected chi connectivity index (χ3v) is 5.00. The third kappa shape index (κ3) is 3.66. The molecule has 2 aliphatic heterocycles. The van der Waals surface area contributed by atoms with E-state index in [1.807, 2.05) is 0 Å². The lowest BCUT2D eigenvalue weighted by Gasteiger charge is -2.19. The Balaban J connectivity index is 1.30. The molecule has 0 radical (unpaired) electrons. The second-order valence-electron chi connectivity index (χ2n) is 6.94. The smallest absolute Gasteiger partial charge is 0.271 e. The van der Waals surface area contributed by atoms with E-state index >= 15 is 0 Å². The van der Waals surface area contributed by atoms with Gasteiger partial charge in [0.15, 0.2) is 5.69 Å². The summed E-state index contributed by atoms with van der Waals surface area (Å²) in [5.41, 5.74) is 3.15. The third-order valence-electron chi connectivity index (χ3n) is 5.00. The molecule has 0 fully saturated rings. The minimum absolute atomic E-state index is 0.184. The number of hydrogen-bond donors (Lipinski definition) is 3. The number of amides is 2. The van der Waals surface area contributed by atoms with Crippen molar-refractivity contribution in [1.82, 2.24) is 20.4 Å². The monoisotopic (exact) mass is 369 g/mol. The van der Waals surface area contributed by atoms with E-state index in [0.717, 1.165) is 25.9 Å². The van der Waals surface area contributed by atoms with Gasteiger partial charge in [-0.3, -0.25) is 14.3 Å². The van der Waals surface area contributed by atoms with Crippen LogP contribution in [0.4, 0.5) is 5.69 Å². The summed E-state index contributed by atoms with van der Waals surface area (Å²) in [6.45, 7) is 2.80. The highest BCUT2D eigenvalue weighted by atomic mass is 16.3. The molecule has 2 amide bonds. The Kier molecular flexibility index (Phi) is 4.81. The Bertz CT molecular complexity index is 863. The van der Waals surface area contributed by atoms with E-state index in [-0.39, 0.29) is 30.6 Å². The number of para-hydroxylation sites is 1. The summed E-state index contributed by atoms with van der Waals surface area (Å²) in [7, 11) is 0. The molecule has 1 aromatic carbocycles. The minimum Gasteiger partial charge on any atom is -0.389 e. The van der Waals surface area contributed by atoms with Crippen LogP contribution in [0, 0.1) is 0 Å². The predicted molar refractivity (Wildman–Crippen MR) is 99.9 cm³/mol. The summed E-state index contributed by atoms with van der Waals surface area (Å²) >= 11 is 0. The van der Waals surface area contributed by atoms with Gasteiger partial charge in [0.1, 0.15) is 5.69 Å². The second-order valence-corrected chi connectivity index (χ2v) is 6.94. The molecule has 4 rings (SSSR count). The highest BCUT2D eigenvalue weighted by Crippen LogP contribution is 2.27. The maximum atomic E-state index is 12.3. The fraction of sp³-hybridized carbons (Fsp3) is 0.421. The van der Waals surface area contributed by atoms with Crippen LogP contribution in [0.1, 0.15) is 33.0 Å². The van der Waals surface area contributed by atoms with E-state index in [9.17, 15) is 14.7 Å². The van der Waals surface area contributed by atoms with E-state index in [4.69, 9.17) is 0 Å². The second kappa shape index (κ2) is 7.40. The van der Waals surface area contributed by atoms with Crippen LogP contribution in [0.2, 0.25) is 0 Å². The SMILES string of the molecule is O=C(NCCCN1CCc2ccccc21)c1cc2n(n1)C[C@H](O)CNC2=O. The van der Waals surface area contributed by atoms with Crippen molar-refractivity contribution in [2.45, 2.75) is 25.5 Å². The largest absolute Gasteiger partial charge is 0.389 e. The van der Waals surface area contributed by atoms with Crippen LogP contribution in [0.15, 0.2) is 30.3 Å². The van der Waals surface area contributed by atoms with Gasteiger partial charge in [-0.25, -0.2) is 0 Å². The van der Waals surface area contributed by atoms with Gasteiger partial charge in [0, 0.05) is 37.9 Å². The van der Waals surface area contributed by atoms with Gasteiger partial charge in [-0.1, -0.05) is 18.2 Å². The number of carbonyl (C=O) groups is 2. The molecule has 0 unspecified atom stereocenters. The maximum Gasteiger partial charge on any atom is 0.271 e. The molecule has 27 heavy (non-hydrogen) atoms. The normalized spacial score (nSPS) is 18.5. The summed E-state index contributed by atoms with van der Waals surface area (Å²) < 4.78 is 1.39. The predicted octanol–water partition coefficient (Wildman–Crippen LogP) is 0.170. The van der Waals surface area contributed by atoms with Crippen molar-refractivity contribution in [3.63, 3.8) is 0 Å². The molecule has 0 spiro atoms. The highest BCUT2D eigenvalue weighted by Gasteiger charge is 2.24. The number of aliphatic hydroxyl groups excluding tert-OH is 1. The van der Waals surface area contributed by atoms with Crippen LogP contribution in [0.25, 0.3) is 0 Å². The Morgan fingerprint density at radius 2 is 2.22 bits per heavy atom. The lowest BCUT2D eigenvalue weighted by Crippen LogP contribution is -2.30. The number of rotatable bonds is 5. The number of β-amino-alcohol motifs (C(OH)–C–C–N with tert-alkyl or cyclic N) is 1. The molecule has 0 bridgehead atoms. The van der Waals surface area contributed by atoms with Crippen LogP contribution in [0.3, 0.4) is 0 Å². The number of nitrogens with one attached hydrogen (secondary N) is 2. The number of hydrogen-bond acceptors (Lipinski definition) is 5. The van der Waals surface area contributed by atoms with Gasteiger partial charge < -0.3 is 20.6 Å². The topological polar surface area (TPSA) is 99.5 Å². The minimum atomic E-state index is -0.714. The molecular formula is C19H23N5O3. The van der Waals surface area contributed by atoms with E-state index in [1.165, 1.54) is 22.0 Å². The molecule has 3 heterocycles. The van der Waals surface area contributed by atoms with Crippen LogP contribution >= 0.6 is 0 Å². The highest BCUT2D eigenvalue weighted by molar-refractivity contribution is 5.98. The first-order chi connectivity index (χ1) is 13.1. The Labute approximate surface area is 157 Å². The zero-order valence-corrected chi connectivity index (χ0v) is 15.0. The summed E-state index contributed by atoms with van der Waals surface area (Å²) in [6, 6.07) is 9.88. The fourth-order valence-electron chi connectivity index (χ4n) is 3.62. The Morgan fingerprint density at radius 1 is 1.37 bits per heavy atom. The quantitative estimate of drug-likeness (QED) is 0.653. The van der Waals surface area contributed by atoms with E-state index in [1.54, 1.807) is 0 Å². The Hall–Kier alpha value is -2.87. The van der Waals surface area contributed by atoms with Gasteiger partial charge in [-0.05, 0) is 24.5 Å². The van der Waals surface area contributed by atoms with Gasteiger partial charge in [0.25, 0.3) is 11.8 Å². The van der Waals surface area contributed by atoms with Crippen molar-refractivity contribution >= 4 is 17.5 Å². The summed E-state index contributed by atoms with van der Waals surface area (Å²) in [4.78, 5) is 26.7. The van der Waals surface area contributed by atoms with Crippen molar-refractivity contribution in [2.24, 2.45) is 0 Å². The number of carbonyl (C=O) groups excluding carboxylic acids is 2. The van der Waals surface area contributed by atoms with E-state index < -0.39 is 6.10 Å². The van der Waals surface area contributed by atoms with Gasteiger partial charge >= 0.3 is 0 Å². The summed E-state index contributed by atoms with van der Waals surface area (Å²) in [6.07, 6.45) is 1.18. The standard InChI is InChI=1S/C19H23N5O3/c25-14-11-21-19(27)17-10-15(22-24(17)12-14)18(26)20-7-3-8-23-9-6-13-4-1-2-5-16(13)23/h1-2,4-5,10,14,25H,3,6-9,11-12H2,(H,20,26)(H,21,27)/t14-/m1/s1. The zero-order chi connectivity index (χ0) is 18.8. The molecule has 8 heteroatoms. The van der Waals surface area contributed by atoms with Crippen LogP contribution < -0.4 is 15.5 Å². The first kappa shape index (κ1) is 17.5. The summed E-state index contributed by atoms with van der Waals surface area (Å²) in [5.74, 6) is -0.634. The molecule has 0 saturated carbocycles. The molecule has 2 aliphatic rings. The van der Waals surface area contributed by atoms with Crippen molar-refractivity contribution in [2.75, 3.05) is 31.1 Å². The molecule has 1 aromatic heterocycles. The molecule has 142 valence electrons. The molecule has 0 aliphatic carbocycles. The number of benzene rings is 1. The van der Waals surface area contributed by atoms with Crippen LogP contribution in [-0.2, 0) is 13.0 Å². The maximum absolute atomic E-state index is 12.3. The van der Waals surface area contributed by atoms with Crippen LogP contribution in [-0.4, -0.2) is 59.0 Å². The number of aromatic nitrogens is 2. The number of aliphatic hydroxyl groups is 1. The van der Waals surface area contributed by atoms with Gasteiger partial charge in [-0.2, -0.15) is 5.10 Å². The van der Waals surface area contributed by atoms with Crippen molar-refractivity contribution in [3.8, 4) is 0 Å².